The molecule has 0 aliphatic heterocycles. The summed E-state index contributed by atoms with van der Waals surface area (Å²) in [7, 11) is -2.69. The van der Waals surface area contributed by atoms with Gasteiger partial charge in [0.05, 0.1) is 26.1 Å². The van der Waals surface area contributed by atoms with E-state index in [9.17, 15) is 19.4 Å². The molecular formula is C39H77NO10P-. The van der Waals surface area contributed by atoms with Crippen molar-refractivity contribution in [3.05, 3.63) is 12.8 Å². The van der Waals surface area contributed by atoms with Gasteiger partial charge in [0.25, 0.3) is 7.82 Å². The summed E-state index contributed by atoms with van der Waals surface area (Å²) in [5.74, 6) is -0.211. The number of phosphoric ester groups is 1. The SMILES string of the molecule is C=COC(=O)CCCCCCCCCCCOCOCC(CCCCCCCCCCCCCCC)(COP(=O)([O-])OCCN(C)CC)OCO. The van der Waals surface area contributed by atoms with E-state index in [1.165, 1.54) is 89.7 Å². The highest BCUT2D eigenvalue weighted by Gasteiger charge is 2.33. The van der Waals surface area contributed by atoms with E-state index in [0.717, 1.165) is 64.3 Å². The van der Waals surface area contributed by atoms with Crippen molar-refractivity contribution in [3.63, 3.8) is 0 Å². The number of nitrogens with zero attached hydrogens (tertiary/aromatic N) is 1. The average molecular weight is 751 g/mol. The fourth-order valence-electron chi connectivity index (χ4n) is 5.85. The van der Waals surface area contributed by atoms with Gasteiger partial charge in [0.2, 0.25) is 0 Å². The number of rotatable bonds is 41. The minimum Gasteiger partial charge on any atom is -0.756 e. The molecule has 0 rings (SSSR count). The average Bonchev–Trinajstić information content (AvgIpc) is 3.11. The van der Waals surface area contributed by atoms with Crippen molar-refractivity contribution >= 4 is 13.8 Å². The molecule has 0 aromatic heterocycles. The monoisotopic (exact) mass is 751 g/mol. The lowest BCUT2D eigenvalue weighted by Gasteiger charge is -2.35. The maximum Gasteiger partial charge on any atom is 0.310 e. The number of aliphatic hydroxyl groups is 1. The van der Waals surface area contributed by atoms with Crippen LogP contribution in [0.25, 0.3) is 0 Å². The second-order valence-corrected chi connectivity index (χ2v) is 15.3. The number of carbonyl (C=O) groups excluding carboxylic acids is 1. The van der Waals surface area contributed by atoms with Gasteiger partial charge in [-0.1, -0.05) is 149 Å². The van der Waals surface area contributed by atoms with Gasteiger partial charge in [-0.05, 0) is 32.9 Å². The van der Waals surface area contributed by atoms with Gasteiger partial charge in [-0.2, -0.15) is 0 Å². The van der Waals surface area contributed by atoms with Gasteiger partial charge in [-0.3, -0.25) is 9.36 Å². The second kappa shape index (κ2) is 36.1. The summed E-state index contributed by atoms with van der Waals surface area (Å²) in [4.78, 5) is 25.8. The van der Waals surface area contributed by atoms with E-state index in [-0.39, 0.29) is 32.6 Å². The lowest BCUT2D eigenvalue weighted by atomic mass is 9.96. The van der Waals surface area contributed by atoms with Crippen molar-refractivity contribution in [1.82, 2.24) is 4.90 Å². The van der Waals surface area contributed by atoms with E-state index >= 15 is 0 Å². The first kappa shape index (κ1) is 50.1. The first-order valence-corrected chi connectivity index (χ1v) is 21.7. The molecule has 0 fully saturated rings. The molecule has 0 aromatic carbocycles. The van der Waals surface area contributed by atoms with Gasteiger partial charge >= 0.3 is 5.97 Å². The second-order valence-electron chi connectivity index (χ2n) is 13.9. The van der Waals surface area contributed by atoms with Crippen LogP contribution in [0.1, 0.15) is 168 Å². The number of ether oxygens (including phenoxy) is 4. The van der Waals surface area contributed by atoms with Crippen LogP contribution in [0.2, 0.25) is 0 Å². The zero-order valence-corrected chi connectivity index (χ0v) is 33.8. The molecule has 0 spiro atoms. The molecule has 0 bridgehead atoms. The van der Waals surface area contributed by atoms with Crippen LogP contribution >= 0.6 is 7.82 Å². The summed E-state index contributed by atoms with van der Waals surface area (Å²) in [5, 5.41) is 9.75. The van der Waals surface area contributed by atoms with E-state index in [0.29, 0.717) is 26.0 Å². The molecular weight excluding hydrogens is 673 g/mol. The Labute approximate surface area is 312 Å². The van der Waals surface area contributed by atoms with E-state index in [2.05, 4.69) is 13.5 Å². The molecule has 11 nitrogen and oxygen atoms in total. The molecule has 0 heterocycles. The van der Waals surface area contributed by atoms with Crippen molar-refractivity contribution in [3.8, 4) is 0 Å². The van der Waals surface area contributed by atoms with Crippen molar-refractivity contribution in [1.29, 1.82) is 0 Å². The summed E-state index contributed by atoms with van der Waals surface area (Å²) < 4.78 is 44.9. The van der Waals surface area contributed by atoms with Crippen molar-refractivity contribution in [2.45, 2.75) is 174 Å². The number of likely N-dealkylation sites (N-methyl/N-ethyl adjacent to an activating group) is 1. The molecule has 0 saturated carbocycles. The van der Waals surface area contributed by atoms with E-state index in [1.54, 1.807) is 0 Å². The normalized spacial score (nSPS) is 14.1. The predicted octanol–water partition coefficient (Wildman–Crippen LogP) is 9.20. The molecule has 51 heavy (non-hydrogen) atoms. The quantitative estimate of drug-likeness (QED) is 0.0211. The maximum absolute atomic E-state index is 12.5. The standard InChI is InChI=1S/C39H78NO10P/c1-5-8-9-10-11-12-13-14-15-18-21-24-27-30-39(48-36-41,35-50-51(43,44)49-33-31-40(4)6-2)34-46-37-45-32-28-25-22-19-16-17-20-23-26-29-38(42)47-7-3/h7,41H,3,5-6,8-37H2,1-2,4H3,(H,43,44)/p-1. The predicted molar refractivity (Wildman–Crippen MR) is 203 cm³/mol. The Hall–Kier alpha value is -0.880. The van der Waals surface area contributed by atoms with Crippen molar-refractivity contribution < 1.29 is 47.4 Å². The molecule has 2 atom stereocenters. The Balaban J connectivity index is 4.48. The Morgan fingerprint density at radius 2 is 1.27 bits per heavy atom. The molecule has 0 aromatic rings. The van der Waals surface area contributed by atoms with Crippen LogP contribution in [-0.4, -0.2) is 81.7 Å². The fourth-order valence-corrected chi connectivity index (χ4v) is 6.63. The Morgan fingerprint density at radius 3 is 1.80 bits per heavy atom. The topological polar surface area (TPSA) is 136 Å². The zero-order chi connectivity index (χ0) is 37.7. The summed E-state index contributed by atoms with van der Waals surface area (Å²) >= 11 is 0. The van der Waals surface area contributed by atoms with E-state index < -0.39 is 20.2 Å². The minimum absolute atomic E-state index is 0.00175. The number of aliphatic hydroxyl groups excluding tert-OH is 1. The largest absolute Gasteiger partial charge is 0.756 e. The third-order valence-corrected chi connectivity index (χ3v) is 10.2. The number of phosphoric acid groups is 1. The van der Waals surface area contributed by atoms with Gasteiger partial charge in [0.1, 0.15) is 19.2 Å². The highest BCUT2D eigenvalue weighted by molar-refractivity contribution is 7.45. The summed E-state index contributed by atoms with van der Waals surface area (Å²) in [6.07, 6.45) is 27.7. The number of hydrogen-bond donors (Lipinski definition) is 1. The Bertz CT molecular complexity index is 836. The Kier molecular flexibility index (Phi) is 35.5. The van der Waals surface area contributed by atoms with Crippen molar-refractivity contribution in [2.75, 3.05) is 60.2 Å². The van der Waals surface area contributed by atoms with Crippen LogP contribution in [0.5, 0.6) is 0 Å². The van der Waals surface area contributed by atoms with E-state index in [4.69, 9.17) is 28.0 Å². The van der Waals surface area contributed by atoms with E-state index in [1.807, 2.05) is 18.9 Å². The number of hydrogen-bond acceptors (Lipinski definition) is 11. The molecule has 0 amide bonds. The van der Waals surface area contributed by atoms with Gasteiger partial charge in [-0.15, -0.1) is 0 Å². The fraction of sp³-hybridized carbons (Fsp3) is 0.923. The van der Waals surface area contributed by atoms with Gasteiger partial charge in [0, 0.05) is 19.6 Å². The third-order valence-electron chi connectivity index (χ3n) is 9.27. The first-order valence-electron chi connectivity index (χ1n) is 20.2. The smallest absolute Gasteiger partial charge is 0.310 e. The lowest BCUT2D eigenvalue weighted by molar-refractivity contribution is -0.238. The highest BCUT2D eigenvalue weighted by Crippen LogP contribution is 2.40. The van der Waals surface area contributed by atoms with Crippen LogP contribution < -0.4 is 4.89 Å². The number of esters is 1. The van der Waals surface area contributed by atoms with Gasteiger partial charge in [0.15, 0.2) is 0 Å². The molecule has 304 valence electrons. The molecule has 1 N–H and O–H groups in total. The lowest BCUT2D eigenvalue weighted by Crippen LogP contribution is -2.43. The number of carbonyl (C=O) groups is 1. The third kappa shape index (κ3) is 33.4. The van der Waals surface area contributed by atoms with Crippen LogP contribution in [-0.2, 0) is 37.4 Å². The first-order chi connectivity index (χ1) is 24.7. The summed E-state index contributed by atoms with van der Waals surface area (Å²) in [6, 6.07) is 0. The van der Waals surface area contributed by atoms with Crippen LogP contribution in [0.15, 0.2) is 12.8 Å². The highest BCUT2D eigenvalue weighted by atomic mass is 31.2. The zero-order valence-electron chi connectivity index (χ0n) is 32.9. The summed E-state index contributed by atoms with van der Waals surface area (Å²) in [6.45, 7) is 8.61. The van der Waals surface area contributed by atoms with Crippen LogP contribution in [0, 0.1) is 0 Å². The number of unbranched alkanes of at least 4 members (excludes halogenated alkanes) is 20. The van der Waals surface area contributed by atoms with Crippen LogP contribution in [0.4, 0.5) is 0 Å². The molecule has 0 aliphatic carbocycles. The molecule has 0 saturated heterocycles. The summed E-state index contributed by atoms with van der Waals surface area (Å²) in [5.41, 5.74) is -1.14. The maximum atomic E-state index is 12.5. The molecule has 0 aliphatic rings. The minimum atomic E-state index is -4.58. The van der Waals surface area contributed by atoms with Crippen LogP contribution in [0.3, 0.4) is 0 Å². The molecule has 2 unspecified atom stereocenters. The van der Waals surface area contributed by atoms with Gasteiger partial charge in [-0.25, -0.2) is 0 Å². The Morgan fingerprint density at radius 1 is 0.745 bits per heavy atom. The molecule has 12 heteroatoms. The molecule has 0 radical (unpaired) electrons. The van der Waals surface area contributed by atoms with Gasteiger partial charge < -0.3 is 42.9 Å². The van der Waals surface area contributed by atoms with Crippen molar-refractivity contribution in [2.24, 2.45) is 0 Å².